The van der Waals surface area contributed by atoms with Gasteiger partial charge >= 0.3 is 0 Å². The van der Waals surface area contributed by atoms with Crippen LogP contribution in [0.5, 0.6) is 0 Å². The van der Waals surface area contributed by atoms with Crippen molar-refractivity contribution in [3.63, 3.8) is 0 Å². The molecule has 1 saturated carbocycles. The SMILES string of the molecule is Nc1cnc2ccccc2c1NCC1(CO)CCCCC1. The molecule has 1 aliphatic rings. The van der Waals surface area contributed by atoms with Crippen molar-refractivity contribution in [3.8, 4) is 0 Å². The van der Waals surface area contributed by atoms with E-state index in [0.717, 1.165) is 36.0 Å². The number of hydrogen-bond donors (Lipinski definition) is 3. The summed E-state index contributed by atoms with van der Waals surface area (Å²) < 4.78 is 0. The zero-order valence-electron chi connectivity index (χ0n) is 12.3. The lowest BCUT2D eigenvalue weighted by molar-refractivity contribution is 0.0944. The van der Waals surface area contributed by atoms with E-state index in [0.29, 0.717) is 5.69 Å². The third-order valence-corrected chi connectivity index (χ3v) is 4.69. The average molecular weight is 285 g/mol. The number of aromatic nitrogens is 1. The number of aliphatic hydroxyl groups is 1. The van der Waals surface area contributed by atoms with Crippen LogP contribution in [0.4, 0.5) is 11.4 Å². The van der Waals surface area contributed by atoms with Crippen LogP contribution in [0.25, 0.3) is 10.9 Å². The average Bonchev–Trinajstić information content (AvgIpc) is 2.55. The summed E-state index contributed by atoms with van der Waals surface area (Å²) in [5.74, 6) is 0. The Hall–Kier alpha value is -1.81. The molecule has 0 spiro atoms. The standard InChI is InChI=1S/C17H23N3O/c18-14-10-19-15-7-3-2-6-13(15)16(14)20-11-17(12-21)8-4-1-5-9-17/h2-3,6-7,10,21H,1,4-5,8-9,11-12,18H2,(H,19,20). The molecule has 4 nitrogen and oxygen atoms in total. The molecule has 0 radical (unpaired) electrons. The van der Waals surface area contributed by atoms with Gasteiger partial charge in [-0.05, 0) is 18.9 Å². The normalized spacial score (nSPS) is 17.8. The molecule has 112 valence electrons. The first-order valence-electron chi connectivity index (χ1n) is 7.72. The fraction of sp³-hybridized carbons (Fsp3) is 0.471. The van der Waals surface area contributed by atoms with Crippen molar-refractivity contribution in [1.29, 1.82) is 0 Å². The Labute approximate surface area is 125 Å². The molecule has 1 fully saturated rings. The Morgan fingerprint density at radius 2 is 1.95 bits per heavy atom. The predicted octanol–water partition coefficient (Wildman–Crippen LogP) is 3.17. The van der Waals surface area contributed by atoms with Gasteiger partial charge < -0.3 is 16.2 Å². The predicted molar refractivity (Wildman–Crippen MR) is 87.2 cm³/mol. The fourth-order valence-electron chi connectivity index (χ4n) is 3.32. The summed E-state index contributed by atoms with van der Waals surface area (Å²) in [7, 11) is 0. The van der Waals surface area contributed by atoms with Crippen LogP contribution in [0.15, 0.2) is 30.5 Å². The molecule has 0 saturated heterocycles. The molecule has 21 heavy (non-hydrogen) atoms. The minimum absolute atomic E-state index is 0.00490. The van der Waals surface area contributed by atoms with Gasteiger partial charge in [0.1, 0.15) is 0 Å². The van der Waals surface area contributed by atoms with Crippen molar-refractivity contribution >= 4 is 22.3 Å². The second-order valence-corrected chi connectivity index (χ2v) is 6.18. The summed E-state index contributed by atoms with van der Waals surface area (Å²) in [6.45, 7) is 1.00. The molecule has 0 atom stereocenters. The zero-order valence-corrected chi connectivity index (χ0v) is 12.3. The van der Waals surface area contributed by atoms with Crippen LogP contribution < -0.4 is 11.1 Å². The van der Waals surface area contributed by atoms with E-state index in [1.54, 1.807) is 6.20 Å². The number of para-hydroxylation sites is 1. The van der Waals surface area contributed by atoms with E-state index in [2.05, 4.69) is 10.3 Å². The molecule has 4 N–H and O–H groups in total. The van der Waals surface area contributed by atoms with Crippen LogP contribution in [0.1, 0.15) is 32.1 Å². The van der Waals surface area contributed by atoms with Crippen LogP contribution in [0.3, 0.4) is 0 Å². The number of anilines is 2. The molecule has 0 bridgehead atoms. The first-order chi connectivity index (χ1) is 10.2. The summed E-state index contributed by atoms with van der Waals surface area (Å²) in [6, 6.07) is 8.00. The largest absolute Gasteiger partial charge is 0.396 e. The molecule has 1 aliphatic carbocycles. The lowest BCUT2D eigenvalue weighted by atomic mass is 9.74. The van der Waals surface area contributed by atoms with Crippen molar-refractivity contribution in [2.24, 2.45) is 5.41 Å². The molecule has 2 aromatic rings. The highest BCUT2D eigenvalue weighted by atomic mass is 16.3. The summed E-state index contributed by atoms with van der Waals surface area (Å²) in [6.07, 6.45) is 7.56. The molecule has 1 aromatic heterocycles. The number of fused-ring (bicyclic) bond motifs is 1. The lowest BCUT2D eigenvalue weighted by Crippen LogP contribution is -2.35. The van der Waals surface area contributed by atoms with E-state index in [4.69, 9.17) is 5.73 Å². The molecule has 3 rings (SSSR count). The van der Waals surface area contributed by atoms with E-state index >= 15 is 0 Å². The highest BCUT2D eigenvalue weighted by molar-refractivity contribution is 5.96. The van der Waals surface area contributed by atoms with Gasteiger partial charge in [-0.1, -0.05) is 37.5 Å². The van der Waals surface area contributed by atoms with Gasteiger partial charge in [-0.3, -0.25) is 4.98 Å². The fourth-order valence-corrected chi connectivity index (χ4v) is 3.32. The van der Waals surface area contributed by atoms with Gasteiger partial charge in [0.15, 0.2) is 0 Å². The molecular formula is C17H23N3O. The summed E-state index contributed by atoms with van der Waals surface area (Å²) in [5, 5.41) is 14.4. The number of benzene rings is 1. The zero-order chi connectivity index (χ0) is 14.7. The van der Waals surface area contributed by atoms with E-state index in [9.17, 15) is 5.11 Å². The minimum Gasteiger partial charge on any atom is -0.396 e. The van der Waals surface area contributed by atoms with Crippen LogP contribution in [-0.4, -0.2) is 23.2 Å². The van der Waals surface area contributed by atoms with Crippen molar-refractivity contribution in [3.05, 3.63) is 30.5 Å². The highest BCUT2D eigenvalue weighted by Crippen LogP contribution is 2.37. The van der Waals surface area contributed by atoms with E-state index < -0.39 is 0 Å². The van der Waals surface area contributed by atoms with Gasteiger partial charge in [0, 0.05) is 17.3 Å². The van der Waals surface area contributed by atoms with Crippen LogP contribution >= 0.6 is 0 Å². The maximum absolute atomic E-state index is 9.82. The van der Waals surface area contributed by atoms with Gasteiger partial charge in [0.05, 0.1) is 29.7 Å². The molecule has 4 heteroatoms. The van der Waals surface area contributed by atoms with E-state index in [-0.39, 0.29) is 12.0 Å². The maximum atomic E-state index is 9.82. The Bertz CT molecular complexity index is 620. The third-order valence-electron chi connectivity index (χ3n) is 4.69. The number of nitrogens with two attached hydrogens (primary N) is 1. The second-order valence-electron chi connectivity index (χ2n) is 6.18. The monoisotopic (exact) mass is 285 g/mol. The molecule has 1 aromatic carbocycles. The van der Waals surface area contributed by atoms with Gasteiger partial charge in [-0.25, -0.2) is 0 Å². The van der Waals surface area contributed by atoms with Crippen LogP contribution in [0.2, 0.25) is 0 Å². The number of pyridine rings is 1. The van der Waals surface area contributed by atoms with Crippen molar-refractivity contribution in [1.82, 2.24) is 4.98 Å². The number of rotatable bonds is 4. The summed E-state index contributed by atoms with van der Waals surface area (Å²) in [4.78, 5) is 4.36. The number of aliphatic hydroxyl groups excluding tert-OH is 1. The smallest absolute Gasteiger partial charge is 0.0743 e. The van der Waals surface area contributed by atoms with Gasteiger partial charge in [-0.15, -0.1) is 0 Å². The molecule has 0 aliphatic heterocycles. The van der Waals surface area contributed by atoms with Crippen LogP contribution in [0, 0.1) is 5.41 Å². The molecule has 0 unspecified atom stereocenters. The van der Waals surface area contributed by atoms with Gasteiger partial charge in [0.2, 0.25) is 0 Å². The highest BCUT2D eigenvalue weighted by Gasteiger charge is 2.31. The Kier molecular flexibility index (Phi) is 3.97. The first-order valence-corrected chi connectivity index (χ1v) is 7.72. The molecule has 1 heterocycles. The quantitative estimate of drug-likeness (QED) is 0.807. The van der Waals surface area contributed by atoms with Gasteiger partial charge in [0.25, 0.3) is 0 Å². The van der Waals surface area contributed by atoms with Crippen molar-refractivity contribution < 1.29 is 5.11 Å². The minimum atomic E-state index is -0.00490. The van der Waals surface area contributed by atoms with Crippen LogP contribution in [-0.2, 0) is 0 Å². The Morgan fingerprint density at radius 3 is 2.71 bits per heavy atom. The Morgan fingerprint density at radius 1 is 1.19 bits per heavy atom. The van der Waals surface area contributed by atoms with Crippen molar-refractivity contribution in [2.45, 2.75) is 32.1 Å². The van der Waals surface area contributed by atoms with E-state index in [1.807, 2.05) is 24.3 Å². The number of nitrogen functional groups attached to an aromatic ring is 1. The van der Waals surface area contributed by atoms with E-state index in [1.165, 1.54) is 19.3 Å². The Balaban J connectivity index is 1.86. The lowest BCUT2D eigenvalue weighted by Gasteiger charge is -2.36. The summed E-state index contributed by atoms with van der Waals surface area (Å²) in [5.41, 5.74) is 8.64. The number of hydrogen-bond acceptors (Lipinski definition) is 4. The number of nitrogens with one attached hydrogen (secondary N) is 1. The third kappa shape index (κ3) is 2.81. The molecule has 0 amide bonds. The van der Waals surface area contributed by atoms with Crippen molar-refractivity contribution in [2.75, 3.05) is 24.2 Å². The molecular weight excluding hydrogens is 262 g/mol. The maximum Gasteiger partial charge on any atom is 0.0743 e. The first kappa shape index (κ1) is 14.1. The number of nitrogens with zero attached hydrogens (tertiary/aromatic N) is 1. The topological polar surface area (TPSA) is 71.2 Å². The van der Waals surface area contributed by atoms with Gasteiger partial charge in [-0.2, -0.15) is 0 Å². The second kappa shape index (κ2) is 5.90. The summed E-state index contributed by atoms with van der Waals surface area (Å²) >= 11 is 0.